The molecule has 0 aliphatic carbocycles. The van der Waals surface area contributed by atoms with E-state index >= 15 is 0 Å². The van der Waals surface area contributed by atoms with Gasteiger partial charge in [-0.25, -0.2) is 0 Å². The summed E-state index contributed by atoms with van der Waals surface area (Å²) in [6.45, 7) is 2.08. The normalized spacial score (nSPS) is 13.1. The Morgan fingerprint density at radius 2 is 1.68 bits per heavy atom. The third kappa shape index (κ3) is 6.30. The zero-order chi connectivity index (χ0) is 28.9. The first kappa shape index (κ1) is 28.7. The maximum absolute atomic E-state index is 13.8. The highest BCUT2D eigenvalue weighted by atomic mass is 19.4. The molecular formula is C31H31F3N2O4. The second-order valence-corrected chi connectivity index (χ2v) is 9.64. The molecule has 0 bridgehead atoms. The summed E-state index contributed by atoms with van der Waals surface area (Å²) < 4.78 is 46.7. The van der Waals surface area contributed by atoms with Crippen LogP contribution in [0.3, 0.4) is 0 Å². The molecule has 1 heterocycles. The average molecular weight is 553 g/mol. The van der Waals surface area contributed by atoms with Crippen LogP contribution in [-0.4, -0.2) is 35.6 Å². The molecule has 210 valence electrons. The molecule has 0 saturated heterocycles. The van der Waals surface area contributed by atoms with E-state index in [1.165, 1.54) is 6.07 Å². The van der Waals surface area contributed by atoms with Crippen molar-refractivity contribution in [1.82, 2.24) is 10.3 Å². The van der Waals surface area contributed by atoms with Crippen molar-refractivity contribution < 1.29 is 32.6 Å². The summed E-state index contributed by atoms with van der Waals surface area (Å²) in [5, 5.41) is 11.9. The summed E-state index contributed by atoms with van der Waals surface area (Å²) in [7, 11) is 1.57. The molecule has 0 saturated carbocycles. The van der Waals surface area contributed by atoms with E-state index in [-0.39, 0.29) is 36.2 Å². The number of carboxylic acid groups (broad SMARTS) is 1. The van der Waals surface area contributed by atoms with Gasteiger partial charge in [-0.05, 0) is 59.4 Å². The topological polar surface area (TPSA) is 91.4 Å². The molecule has 3 aromatic carbocycles. The Morgan fingerprint density at radius 1 is 1.00 bits per heavy atom. The summed E-state index contributed by atoms with van der Waals surface area (Å²) in [5.74, 6) is -1.11. The van der Waals surface area contributed by atoms with Gasteiger partial charge in [0.25, 0.3) is 5.91 Å². The highest BCUT2D eigenvalue weighted by molar-refractivity contribution is 5.94. The predicted molar refractivity (Wildman–Crippen MR) is 147 cm³/mol. The molecule has 40 heavy (non-hydrogen) atoms. The monoisotopic (exact) mass is 552 g/mol. The third-order valence-corrected chi connectivity index (χ3v) is 7.09. The van der Waals surface area contributed by atoms with Crippen molar-refractivity contribution in [3.63, 3.8) is 0 Å². The van der Waals surface area contributed by atoms with Crippen molar-refractivity contribution in [2.24, 2.45) is 0 Å². The lowest BCUT2D eigenvalue weighted by Crippen LogP contribution is -2.26. The number of halogens is 3. The highest BCUT2D eigenvalue weighted by Gasteiger charge is 2.35. The van der Waals surface area contributed by atoms with E-state index in [1.54, 1.807) is 31.5 Å². The zero-order valence-electron chi connectivity index (χ0n) is 22.2. The fraction of sp³-hybridized carbons (Fsp3) is 0.290. The van der Waals surface area contributed by atoms with Crippen LogP contribution in [0.5, 0.6) is 5.75 Å². The minimum Gasteiger partial charge on any atom is -0.497 e. The van der Waals surface area contributed by atoms with Crippen molar-refractivity contribution in [1.29, 1.82) is 0 Å². The van der Waals surface area contributed by atoms with Crippen LogP contribution in [0.2, 0.25) is 0 Å². The summed E-state index contributed by atoms with van der Waals surface area (Å²) in [6, 6.07) is 18.9. The first-order valence-corrected chi connectivity index (χ1v) is 13.0. The molecule has 9 heteroatoms. The fourth-order valence-corrected chi connectivity index (χ4v) is 5.21. The Morgan fingerprint density at radius 3 is 2.27 bits per heavy atom. The summed E-state index contributed by atoms with van der Waals surface area (Å²) in [5.41, 5.74) is 2.34. The van der Waals surface area contributed by atoms with Crippen molar-refractivity contribution in [3.8, 4) is 5.75 Å². The number of hydrogen-bond donors (Lipinski definition) is 3. The van der Waals surface area contributed by atoms with E-state index in [4.69, 9.17) is 9.84 Å². The van der Waals surface area contributed by atoms with Crippen molar-refractivity contribution in [2.45, 2.75) is 44.2 Å². The quantitative estimate of drug-likeness (QED) is 0.185. The predicted octanol–water partition coefficient (Wildman–Crippen LogP) is 7.12. The van der Waals surface area contributed by atoms with Crippen LogP contribution in [-0.2, 0) is 11.0 Å². The third-order valence-electron chi connectivity index (χ3n) is 7.09. The number of hydrogen-bond acceptors (Lipinski definition) is 3. The van der Waals surface area contributed by atoms with Gasteiger partial charge in [-0.1, -0.05) is 49.7 Å². The molecule has 0 fully saturated rings. The van der Waals surface area contributed by atoms with Gasteiger partial charge in [0.1, 0.15) is 5.75 Å². The molecule has 1 amide bonds. The van der Waals surface area contributed by atoms with E-state index < -0.39 is 17.7 Å². The molecule has 2 atom stereocenters. The number of aromatic nitrogens is 1. The summed E-state index contributed by atoms with van der Waals surface area (Å²) >= 11 is 0. The van der Waals surface area contributed by atoms with E-state index in [9.17, 15) is 22.8 Å². The van der Waals surface area contributed by atoms with Crippen LogP contribution < -0.4 is 10.1 Å². The van der Waals surface area contributed by atoms with Gasteiger partial charge in [0.15, 0.2) is 0 Å². The van der Waals surface area contributed by atoms with Gasteiger partial charge in [0.05, 0.1) is 24.6 Å². The Balaban J connectivity index is 1.78. The van der Waals surface area contributed by atoms with Gasteiger partial charge < -0.3 is 20.1 Å². The van der Waals surface area contributed by atoms with Crippen LogP contribution in [0, 0.1) is 0 Å². The minimum absolute atomic E-state index is 0.0222. The fourth-order valence-electron chi connectivity index (χ4n) is 5.21. The number of rotatable bonds is 11. The number of carbonyl (C=O) groups is 2. The van der Waals surface area contributed by atoms with Gasteiger partial charge in [-0.15, -0.1) is 0 Å². The highest BCUT2D eigenvalue weighted by Crippen LogP contribution is 2.45. The van der Waals surface area contributed by atoms with Crippen LogP contribution in [0.25, 0.3) is 10.9 Å². The lowest BCUT2D eigenvalue weighted by molar-refractivity contribution is -0.137. The van der Waals surface area contributed by atoms with Gasteiger partial charge in [0, 0.05) is 29.6 Å². The number of alkyl halides is 3. The molecule has 0 aliphatic rings. The molecule has 2 unspecified atom stereocenters. The Labute approximate surface area is 230 Å². The molecule has 0 radical (unpaired) electrons. The maximum Gasteiger partial charge on any atom is 0.418 e. The number of amides is 1. The van der Waals surface area contributed by atoms with Crippen LogP contribution in [0.15, 0.2) is 72.9 Å². The summed E-state index contributed by atoms with van der Waals surface area (Å²) in [6.07, 6.45) is -1.44. The number of ether oxygens (including phenoxy) is 1. The SMILES string of the molecule is CCCC(c1ccc(C(=O)NCCC(=O)O)cc1)C(c1ccc(OC)cc1)c1c[nH]c2c(C(F)(F)F)cccc12. The van der Waals surface area contributed by atoms with Gasteiger partial charge in [-0.2, -0.15) is 13.2 Å². The number of carbonyl (C=O) groups excluding carboxylic acids is 1. The second-order valence-electron chi connectivity index (χ2n) is 9.64. The molecular weight excluding hydrogens is 521 g/mol. The van der Waals surface area contributed by atoms with Crippen LogP contribution >= 0.6 is 0 Å². The Hall–Kier alpha value is -4.27. The van der Waals surface area contributed by atoms with Crippen LogP contribution in [0.1, 0.15) is 70.6 Å². The number of para-hydroxylation sites is 1. The van der Waals surface area contributed by atoms with Gasteiger partial charge in [-0.3, -0.25) is 9.59 Å². The molecule has 1 aromatic heterocycles. The first-order valence-electron chi connectivity index (χ1n) is 13.0. The molecule has 3 N–H and O–H groups in total. The van der Waals surface area contributed by atoms with Crippen molar-refractivity contribution in [2.75, 3.05) is 13.7 Å². The Kier molecular flexibility index (Phi) is 8.82. The van der Waals surface area contributed by atoms with Crippen molar-refractivity contribution in [3.05, 3.63) is 101 Å². The number of benzene rings is 3. The van der Waals surface area contributed by atoms with E-state index in [0.717, 1.165) is 35.6 Å². The number of carboxylic acids is 1. The lowest BCUT2D eigenvalue weighted by atomic mass is 9.75. The largest absolute Gasteiger partial charge is 0.497 e. The number of nitrogens with one attached hydrogen (secondary N) is 2. The number of aromatic amines is 1. The zero-order valence-corrected chi connectivity index (χ0v) is 22.2. The Bertz CT molecular complexity index is 1460. The van der Waals surface area contributed by atoms with Gasteiger partial charge in [0.2, 0.25) is 0 Å². The first-order chi connectivity index (χ1) is 19.1. The smallest absolute Gasteiger partial charge is 0.418 e. The van der Waals surface area contributed by atoms with E-state index in [1.807, 2.05) is 36.4 Å². The molecule has 4 aromatic rings. The van der Waals surface area contributed by atoms with Gasteiger partial charge >= 0.3 is 12.1 Å². The number of aliphatic carboxylic acids is 1. The number of fused-ring (bicyclic) bond motifs is 1. The second kappa shape index (κ2) is 12.3. The van der Waals surface area contributed by atoms with E-state index in [0.29, 0.717) is 16.7 Å². The lowest BCUT2D eigenvalue weighted by Gasteiger charge is -2.28. The maximum atomic E-state index is 13.8. The van der Waals surface area contributed by atoms with Crippen molar-refractivity contribution >= 4 is 22.8 Å². The average Bonchev–Trinajstić information content (AvgIpc) is 3.36. The van der Waals surface area contributed by atoms with E-state index in [2.05, 4.69) is 17.2 Å². The number of H-pyrrole nitrogens is 1. The minimum atomic E-state index is -4.50. The standard InChI is InChI=1S/C31H31F3N2O4/c1-3-5-23(19-8-10-21(11-9-19)30(39)35-17-16-27(37)38)28(20-12-14-22(40-2)15-13-20)25-18-36-29-24(25)6-4-7-26(29)31(32,33)34/h4,6-15,18,23,28,36H,3,5,16-17H2,1-2H3,(H,35,39)(H,37,38). The molecule has 6 nitrogen and oxygen atoms in total. The molecule has 0 aliphatic heterocycles. The molecule has 4 rings (SSSR count). The number of methoxy groups -OCH3 is 1. The summed E-state index contributed by atoms with van der Waals surface area (Å²) in [4.78, 5) is 26.1. The molecule has 0 spiro atoms. The van der Waals surface area contributed by atoms with Crippen LogP contribution in [0.4, 0.5) is 13.2 Å².